The van der Waals surface area contributed by atoms with Crippen LogP contribution in [-0.4, -0.2) is 55.5 Å². The van der Waals surface area contributed by atoms with Crippen LogP contribution in [0, 0.1) is 12.1 Å². The van der Waals surface area contributed by atoms with Crippen LogP contribution in [0.4, 0.5) is 22.7 Å². The Balaban J connectivity index is 1.24. The number of anilines is 4. The third-order valence-electron chi connectivity index (χ3n) is 7.32. The number of aromatic nitrogens is 1. The SMILES string of the molecule is COc1ccccc1-c1noc(C)c1C(=O)NCCNc1cc(NC(=O)c2ccc(N3CCCC3)cc2)c(N([O-])O)cc1Cl. The Bertz CT molecular complexity index is 1640. The molecule has 2 amide bonds. The molecule has 0 spiro atoms. The zero-order chi connectivity index (χ0) is 31.2. The van der Waals surface area contributed by atoms with E-state index >= 15 is 0 Å². The summed E-state index contributed by atoms with van der Waals surface area (Å²) in [5, 5.41) is 33.9. The fraction of sp³-hybridized carbons (Fsp3) is 0.258. The van der Waals surface area contributed by atoms with Crippen LogP contribution in [0.1, 0.15) is 39.3 Å². The minimum Gasteiger partial charge on any atom is -0.733 e. The smallest absolute Gasteiger partial charge is 0.257 e. The maximum Gasteiger partial charge on any atom is 0.257 e. The van der Waals surface area contributed by atoms with Gasteiger partial charge in [0.2, 0.25) is 0 Å². The Morgan fingerprint density at radius 3 is 2.50 bits per heavy atom. The lowest BCUT2D eigenvalue weighted by Crippen LogP contribution is -2.29. The Kier molecular flexibility index (Phi) is 9.53. The lowest BCUT2D eigenvalue weighted by molar-refractivity contribution is 0.0953. The molecule has 0 saturated carbocycles. The third kappa shape index (κ3) is 6.72. The number of amides is 2. The molecule has 1 aromatic heterocycles. The molecule has 0 unspecified atom stereocenters. The number of nitrogens with one attached hydrogen (secondary N) is 3. The highest BCUT2D eigenvalue weighted by Gasteiger charge is 2.23. The predicted molar refractivity (Wildman–Crippen MR) is 169 cm³/mol. The Morgan fingerprint density at radius 1 is 1.07 bits per heavy atom. The number of nitrogens with zero attached hydrogens (tertiary/aromatic N) is 3. The zero-order valence-electron chi connectivity index (χ0n) is 24.2. The van der Waals surface area contributed by atoms with Crippen molar-refractivity contribution in [2.75, 3.05) is 54.0 Å². The van der Waals surface area contributed by atoms with Crippen molar-refractivity contribution in [2.45, 2.75) is 19.8 Å². The Hall–Kier alpha value is -4.78. The maximum atomic E-state index is 13.1. The number of carbonyl (C=O) groups is 2. The van der Waals surface area contributed by atoms with Gasteiger partial charge in [0.15, 0.2) is 0 Å². The van der Waals surface area contributed by atoms with Crippen molar-refractivity contribution in [2.24, 2.45) is 0 Å². The molecule has 13 heteroatoms. The summed E-state index contributed by atoms with van der Waals surface area (Å²) in [6, 6.07) is 17.1. The van der Waals surface area contributed by atoms with E-state index in [1.807, 2.05) is 24.3 Å². The van der Waals surface area contributed by atoms with Gasteiger partial charge in [-0.05, 0) is 68.3 Å². The molecule has 1 aliphatic rings. The average Bonchev–Trinajstić information content (AvgIpc) is 3.70. The lowest BCUT2D eigenvalue weighted by Gasteiger charge is -2.26. The van der Waals surface area contributed by atoms with Crippen molar-refractivity contribution in [1.29, 1.82) is 0 Å². The molecule has 4 N–H and O–H groups in total. The minimum absolute atomic E-state index is 0.0496. The molecule has 0 radical (unpaired) electrons. The second kappa shape index (κ2) is 13.7. The molecule has 3 aromatic carbocycles. The number of hydrogen-bond donors (Lipinski definition) is 4. The first-order valence-electron chi connectivity index (χ1n) is 14.0. The fourth-order valence-electron chi connectivity index (χ4n) is 5.08. The largest absolute Gasteiger partial charge is 0.733 e. The number of halogens is 1. The standard InChI is InChI=1S/C31H32ClN6O6/c1-19-28(29(36-44-19)22-7-3-4-8-27(22)43-2)31(40)34-14-13-33-24-18-25(26(38(41)42)17-23(24)32)35-30(39)20-9-11-21(12-10-20)37-15-5-6-16-37/h3-4,7-12,17-18,33,41H,5-6,13-16H2,1-2H3,(H,34,40)(H,35,39)/q-1. The number of hydrogen-bond acceptors (Lipinski definition) is 10. The predicted octanol–water partition coefficient (Wildman–Crippen LogP) is 5.70. The van der Waals surface area contributed by atoms with E-state index in [2.05, 4.69) is 26.0 Å². The van der Waals surface area contributed by atoms with Gasteiger partial charge in [-0.1, -0.05) is 28.9 Å². The number of benzene rings is 3. The third-order valence-corrected chi connectivity index (χ3v) is 7.63. The van der Waals surface area contributed by atoms with Crippen molar-refractivity contribution in [3.8, 4) is 17.0 Å². The van der Waals surface area contributed by atoms with E-state index in [0.717, 1.165) is 31.6 Å². The van der Waals surface area contributed by atoms with Crippen LogP contribution in [0.5, 0.6) is 5.75 Å². The van der Waals surface area contributed by atoms with Gasteiger partial charge in [-0.25, -0.2) is 0 Å². The van der Waals surface area contributed by atoms with Gasteiger partial charge >= 0.3 is 0 Å². The number of ether oxygens (including phenoxy) is 1. The average molecular weight is 620 g/mol. The molecular formula is C31H32ClN6O6-. The number of carbonyl (C=O) groups excluding carboxylic acids is 2. The van der Waals surface area contributed by atoms with Crippen LogP contribution in [-0.2, 0) is 0 Å². The van der Waals surface area contributed by atoms with Crippen molar-refractivity contribution in [1.82, 2.24) is 10.5 Å². The van der Waals surface area contributed by atoms with Gasteiger partial charge in [-0.3, -0.25) is 14.8 Å². The van der Waals surface area contributed by atoms with Gasteiger partial charge in [-0.2, -0.15) is 0 Å². The van der Waals surface area contributed by atoms with Crippen molar-refractivity contribution in [3.63, 3.8) is 0 Å². The Labute approximate surface area is 259 Å². The summed E-state index contributed by atoms with van der Waals surface area (Å²) in [5.74, 6) is 0.0544. The molecule has 5 rings (SSSR count). The van der Waals surface area contributed by atoms with Crippen LogP contribution in [0.3, 0.4) is 0 Å². The summed E-state index contributed by atoms with van der Waals surface area (Å²) in [6.07, 6.45) is 2.28. The monoisotopic (exact) mass is 619 g/mol. The van der Waals surface area contributed by atoms with Gasteiger partial charge < -0.3 is 40.5 Å². The van der Waals surface area contributed by atoms with Crippen molar-refractivity contribution >= 4 is 46.2 Å². The highest BCUT2D eigenvalue weighted by atomic mass is 35.5. The summed E-state index contributed by atoms with van der Waals surface area (Å²) in [7, 11) is 1.54. The van der Waals surface area contributed by atoms with E-state index in [0.29, 0.717) is 34.0 Å². The molecule has 44 heavy (non-hydrogen) atoms. The van der Waals surface area contributed by atoms with E-state index in [4.69, 9.17) is 20.9 Å². The second-order valence-corrected chi connectivity index (χ2v) is 10.6. The summed E-state index contributed by atoms with van der Waals surface area (Å²) in [4.78, 5) is 28.4. The minimum atomic E-state index is -0.462. The first kappa shape index (κ1) is 30.7. The highest BCUT2D eigenvalue weighted by Crippen LogP contribution is 2.35. The quantitative estimate of drug-likeness (QED) is 0.121. The summed E-state index contributed by atoms with van der Waals surface area (Å²) >= 11 is 6.36. The van der Waals surface area contributed by atoms with Crippen LogP contribution >= 0.6 is 11.6 Å². The number of methoxy groups -OCH3 is 1. The van der Waals surface area contributed by atoms with E-state index in [9.17, 15) is 20.0 Å². The summed E-state index contributed by atoms with van der Waals surface area (Å²) < 4.78 is 10.7. The first-order chi connectivity index (χ1) is 21.3. The molecule has 1 fully saturated rings. The molecular weight excluding hydrogens is 588 g/mol. The highest BCUT2D eigenvalue weighted by molar-refractivity contribution is 6.34. The molecule has 230 valence electrons. The van der Waals surface area contributed by atoms with Crippen molar-refractivity contribution in [3.05, 3.63) is 87.8 Å². The molecule has 12 nitrogen and oxygen atoms in total. The number of para-hydroxylation sites is 1. The lowest BCUT2D eigenvalue weighted by atomic mass is 10.0. The Morgan fingerprint density at radius 2 is 1.80 bits per heavy atom. The molecule has 0 bridgehead atoms. The van der Waals surface area contributed by atoms with Crippen LogP contribution in [0.25, 0.3) is 11.3 Å². The normalized spacial score (nSPS) is 12.6. The topological polar surface area (TPSA) is 155 Å². The number of rotatable bonds is 11. The van der Waals surface area contributed by atoms with Crippen LogP contribution in [0.15, 0.2) is 65.2 Å². The van der Waals surface area contributed by atoms with E-state index in [1.165, 1.54) is 19.2 Å². The molecule has 4 aromatic rings. The molecule has 1 saturated heterocycles. The number of aryl methyl sites for hydroxylation is 1. The molecule has 0 aliphatic carbocycles. The summed E-state index contributed by atoms with van der Waals surface area (Å²) in [5.41, 5.74) is 2.89. The van der Waals surface area contributed by atoms with Gasteiger partial charge in [0, 0.05) is 43.0 Å². The second-order valence-electron chi connectivity index (χ2n) is 10.2. The fourth-order valence-corrected chi connectivity index (χ4v) is 5.30. The van der Waals surface area contributed by atoms with E-state index < -0.39 is 5.91 Å². The van der Waals surface area contributed by atoms with E-state index in [1.54, 1.807) is 31.2 Å². The van der Waals surface area contributed by atoms with Crippen molar-refractivity contribution < 1.29 is 24.1 Å². The van der Waals surface area contributed by atoms with Gasteiger partial charge in [0.05, 0.1) is 29.2 Å². The zero-order valence-corrected chi connectivity index (χ0v) is 25.0. The maximum absolute atomic E-state index is 13.1. The first-order valence-corrected chi connectivity index (χ1v) is 14.4. The van der Waals surface area contributed by atoms with Gasteiger partial charge in [0.25, 0.3) is 11.8 Å². The van der Waals surface area contributed by atoms with Crippen LogP contribution < -0.4 is 30.8 Å². The van der Waals surface area contributed by atoms with E-state index in [-0.39, 0.29) is 46.2 Å². The summed E-state index contributed by atoms with van der Waals surface area (Å²) in [6.45, 7) is 4.05. The molecule has 0 atom stereocenters. The van der Waals surface area contributed by atoms with Gasteiger partial charge in [0.1, 0.15) is 22.8 Å². The molecule has 2 heterocycles. The molecule has 1 aliphatic heterocycles. The van der Waals surface area contributed by atoms with Crippen LogP contribution in [0.2, 0.25) is 5.02 Å². The van der Waals surface area contributed by atoms with Gasteiger partial charge in [-0.15, -0.1) is 0 Å².